The van der Waals surface area contributed by atoms with Crippen molar-refractivity contribution >= 4 is 5.94 Å². The predicted molar refractivity (Wildman–Crippen MR) is 144 cm³/mol. The van der Waals surface area contributed by atoms with Crippen LogP contribution >= 0.6 is 0 Å². The summed E-state index contributed by atoms with van der Waals surface area (Å²) in [5.41, 5.74) is 2.30. The van der Waals surface area contributed by atoms with Crippen LogP contribution in [-0.4, -0.2) is 26.1 Å². The lowest BCUT2D eigenvalue weighted by molar-refractivity contribution is -0.00960. The first-order valence-corrected chi connectivity index (χ1v) is 12.6. The molecular formula is C31H34FN3O2. The van der Waals surface area contributed by atoms with Gasteiger partial charge in [0.15, 0.2) is 0 Å². The van der Waals surface area contributed by atoms with Gasteiger partial charge in [-0.15, -0.1) is 0 Å². The Morgan fingerprint density at radius 1 is 1.08 bits per heavy atom. The molecular weight excluding hydrogens is 465 g/mol. The Bertz CT molecular complexity index is 1310. The zero-order valence-corrected chi connectivity index (χ0v) is 21.6. The van der Waals surface area contributed by atoms with Gasteiger partial charge in [0.1, 0.15) is 17.4 Å². The first-order chi connectivity index (χ1) is 17.7. The van der Waals surface area contributed by atoms with Crippen molar-refractivity contribution in [3.05, 3.63) is 119 Å². The van der Waals surface area contributed by atoms with Gasteiger partial charge in [-0.25, -0.2) is 14.2 Å². The Kier molecular flexibility index (Phi) is 7.91. The summed E-state index contributed by atoms with van der Waals surface area (Å²) in [6.07, 6.45) is 10.6. The van der Waals surface area contributed by atoms with E-state index in [-0.39, 0.29) is 11.4 Å². The van der Waals surface area contributed by atoms with Crippen LogP contribution in [0, 0.1) is 11.7 Å². The summed E-state index contributed by atoms with van der Waals surface area (Å²) in [7, 11) is 0. The van der Waals surface area contributed by atoms with Crippen molar-refractivity contribution in [1.82, 2.24) is 14.9 Å². The number of nitrogens with one attached hydrogen (secondary N) is 1. The molecule has 1 heterocycles. The van der Waals surface area contributed by atoms with E-state index in [0.29, 0.717) is 37.1 Å². The fraction of sp³-hybridized carbons (Fsp3) is 0.323. The van der Waals surface area contributed by atoms with E-state index in [1.807, 2.05) is 67.8 Å². The number of hydrogen-bond acceptors (Lipinski definition) is 4. The van der Waals surface area contributed by atoms with Crippen LogP contribution in [0.2, 0.25) is 0 Å². The molecule has 1 aromatic heterocycles. The minimum Gasteiger partial charge on any atom is -0.383 e. The highest BCUT2D eigenvalue weighted by Crippen LogP contribution is 2.41. The van der Waals surface area contributed by atoms with Crippen LogP contribution in [0.3, 0.4) is 0 Å². The standard InChI is InChI=1S/C31H34FN3O2/c1-30(2,3)34-27-15-16-28(25(18-27)21-36)31(37,17-7-10-23-11-13-26(32)14-12-23)29-19-33-22-35(29)20-24-8-5-4-6-9-24/h4-6,8-9,11-16,18-19,22,28,34,37H,7,10,17,20H2,1-3H3. The van der Waals surface area contributed by atoms with Crippen LogP contribution in [0.5, 0.6) is 0 Å². The summed E-state index contributed by atoms with van der Waals surface area (Å²) in [6, 6.07) is 16.4. The van der Waals surface area contributed by atoms with Crippen LogP contribution in [0.1, 0.15) is 50.4 Å². The van der Waals surface area contributed by atoms with Gasteiger partial charge in [-0.1, -0.05) is 48.5 Å². The Labute approximate surface area is 218 Å². The fourth-order valence-electron chi connectivity index (χ4n) is 4.87. The molecule has 3 aromatic rings. The zero-order valence-electron chi connectivity index (χ0n) is 21.6. The fourth-order valence-corrected chi connectivity index (χ4v) is 4.87. The molecule has 37 heavy (non-hydrogen) atoms. The third-order valence-electron chi connectivity index (χ3n) is 6.55. The monoisotopic (exact) mass is 499 g/mol. The maximum Gasteiger partial charge on any atom is 0.128 e. The first-order valence-electron chi connectivity index (χ1n) is 12.6. The summed E-state index contributed by atoms with van der Waals surface area (Å²) >= 11 is 0. The minimum absolute atomic E-state index is 0.184. The zero-order chi connectivity index (χ0) is 26.5. The van der Waals surface area contributed by atoms with E-state index in [1.165, 1.54) is 12.1 Å². The lowest BCUT2D eigenvalue weighted by atomic mass is 9.74. The highest BCUT2D eigenvalue weighted by atomic mass is 19.1. The van der Waals surface area contributed by atoms with Gasteiger partial charge in [-0.05, 0) is 75.4 Å². The molecule has 0 saturated heterocycles. The van der Waals surface area contributed by atoms with Crippen molar-refractivity contribution in [2.45, 2.75) is 57.7 Å². The lowest BCUT2D eigenvalue weighted by Gasteiger charge is -2.37. The number of carbonyl (C=O) groups excluding carboxylic acids is 1. The summed E-state index contributed by atoms with van der Waals surface area (Å²) in [5, 5.41) is 15.8. The number of imidazole rings is 1. The number of aryl methyl sites for hydroxylation is 1. The van der Waals surface area contributed by atoms with Crippen molar-refractivity contribution in [2.24, 2.45) is 5.92 Å². The van der Waals surface area contributed by atoms with Gasteiger partial charge in [0.05, 0.1) is 18.2 Å². The van der Waals surface area contributed by atoms with E-state index in [4.69, 9.17) is 0 Å². The van der Waals surface area contributed by atoms with Gasteiger partial charge >= 0.3 is 0 Å². The summed E-state index contributed by atoms with van der Waals surface area (Å²) < 4.78 is 15.3. The molecule has 2 aromatic carbocycles. The van der Waals surface area contributed by atoms with Crippen LogP contribution < -0.4 is 5.32 Å². The number of nitrogens with zero attached hydrogens (tertiary/aromatic N) is 2. The molecule has 0 bridgehead atoms. The summed E-state index contributed by atoms with van der Waals surface area (Å²) in [5.74, 6) is 1.21. The largest absolute Gasteiger partial charge is 0.383 e. The van der Waals surface area contributed by atoms with Crippen molar-refractivity contribution in [1.29, 1.82) is 0 Å². The average molecular weight is 500 g/mol. The number of benzene rings is 2. The Hall–Kier alpha value is -3.73. The van der Waals surface area contributed by atoms with Crippen molar-refractivity contribution in [2.75, 3.05) is 0 Å². The molecule has 0 aliphatic heterocycles. The molecule has 4 rings (SSSR count). The van der Waals surface area contributed by atoms with Crippen molar-refractivity contribution in [3.63, 3.8) is 0 Å². The quantitative estimate of drug-likeness (QED) is 0.382. The van der Waals surface area contributed by atoms with Gasteiger partial charge in [0.25, 0.3) is 0 Å². The second-order valence-electron chi connectivity index (χ2n) is 10.7. The van der Waals surface area contributed by atoms with E-state index in [0.717, 1.165) is 16.8 Å². The molecule has 0 radical (unpaired) electrons. The van der Waals surface area contributed by atoms with Gasteiger partial charge in [-0.2, -0.15) is 0 Å². The van der Waals surface area contributed by atoms with Crippen LogP contribution in [0.25, 0.3) is 0 Å². The number of aliphatic hydroxyl groups is 1. The molecule has 5 nitrogen and oxygen atoms in total. The van der Waals surface area contributed by atoms with Crippen LogP contribution in [0.4, 0.5) is 4.39 Å². The summed E-state index contributed by atoms with van der Waals surface area (Å²) in [4.78, 5) is 16.5. The van der Waals surface area contributed by atoms with Gasteiger partial charge in [0, 0.05) is 29.3 Å². The molecule has 192 valence electrons. The van der Waals surface area contributed by atoms with Crippen LogP contribution in [0.15, 0.2) is 96.6 Å². The number of allylic oxidation sites excluding steroid dienone is 2. The Balaban J connectivity index is 1.66. The maximum atomic E-state index is 13.4. The van der Waals surface area contributed by atoms with E-state index >= 15 is 0 Å². The minimum atomic E-state index is -1.40. The van der Waals surface area contributed by atoms with Gasteiger partial charge in [-0.3, -0.25) is 0 Å². The van der Waals surface area contributed by atoms with E-state index < -0.39 is 11.5 Å². The molecule has 2 unspecified atom stereocenters. The van der Waals surface area contributed by atoms with E-state index in [2.05, 4.69) is 16.2 Å². The number of rotatable bonds is 9. The summed E-state index contributed by atoms with van der Waals surface area (Å²) in [6.45, 7) is 6.68. The SMILES string of the molecule is CC(C)(C)NC1=CC(=C=O)C(C(O)(CCCc2ccc(F)cc2)c2cncn2Cc2ccccc2)C=C1. The molecule has 0 fully saturated rings. The molecule has 1 aliphatic rings. The molecule has 2 atom stereocenters. The second kappa shape index (κ2) is 11.1. The van der Waals surface area contributed by atoms with Crippen molar-refractivity contribution < 1.29 is 14.3 Å². The average Bonchev–Trinajstić information content (AvgIpc) is 3.33. The third-order valence-corrected chi connectivity index (χ3v) is 6.55. The Morgan fingerprint density at radius 3 is 2.49 bits per heavy atom. The molecule has 0 spiro atoms. The molecule has 0 saturated carbocycles. The Morgan fingerprint density at radius 2 is 1.81 bits per heavy atom. The molecule has 1 aliphatic carbocycles. The van der Waals surface area contributed by atoms with E-state index in [9.17, 15) is 14.3 Å². The number of hydrogen-bond donors (Lipinski definition) is 2. The predicted octanol–water partition coefficient (Wildman–Crippen LogP) is 5.50. The van der Waals surface area contributed by atoms with Gasteiger partial charge in [0.2, 0.25) is 0 Å². The maximum absolute atomic E-state index is 13.4. The van der Waals surface area contributed by atoms with E-state index in [1.54, 1.807) is 30.7 Å². The third kappa shape index (κ3) is 6.53. The lowest BCUT2D eigenvalue weighted by Crippen LogP contribution is -2.40. The van der Waals surface area contributed by atoms with Crippen LogP contribution in [-0.2, 0) is 23.4 Å². The highest BCUT2D eigenvalue weighted by Gasteiger charge is 2.42. The second-order valence-corrected chi connectivity index (χ2v) is 10.7. The van der Waals surface area contributed by atoms with Crippen molar-refractivity contribution in [3.8, 4) is 0 Å². The highest BCUT2D eigenvalue weighted by molar-refractivity contribution is 5.63. The normalized spacial score (nSPS) is 17.2. The topological polar surface area (TPSA) is 67.2 Å². The smallest absolute Gasteiger partial charge is 0.128 e. The van der Waals surface area contributed by atoms with Gasteiger partial charge < -0.3 is 15.0 Å². The molecule has 0 amide bonds. The number of halogens is 1. The number of aromatic nitrogens is 2. The molecule has 2 N–H and O–H groups in total. The molecule has 6 heteroatoms. The first kappa shape index (κ1) is 26.3.